The van der Waals surface area contributed by atoms with Gasteiger partial charge in [0, 0.05) is 25.5 Å². The molecule has 1 aliphatic rings. The molecule has 1 fully saturated rings. The van der Waals surface area contributed by atoms with Crippen LogP contribution in [0.3, 0.4) is 0 Å². The van der Waals surface area contributed by atoms with Gasteiger partial charge in [-0.3, -0.25) is 4.79 Å². The molecule has 3 heterocycles. The number of thiazole rings is 1. The molecule has 0 spiro atoms. The number of piperidine rings is 1. The molecule has 1 aliphatic heterocycles. The first-order chi connectivity index (χ1) is 12.7. The number of amides is 1. The van der Waals surface area contributed by atoms with E-state index in [0.717, 1.165) is 35.4 Å². The molecule has 8 heteroatoms. The van der Waals surface area contributed by atoms with Gasteiger partial charge in [0.1, 0.15) is 5.75 Å². The molecule has 4 rings (SSSR count). The van der Waals surface area contributed by atoms with Crippen molar-refractivity contribution < 1.29 is 9.53 Å². The second-order valence-corrected chi connectivity index (χ2v) is 7.21. The third kappa shape index (κ3) is 3.45. The van der Waals surface area contributed by atoms with Gasteiger partial charge in [-0.05, 0) is 37.1 Å². The number of aromatic nitrogens is 3. The summed E-state index contributed by atoms with van der Waals surface area (Å²) in [5.41, 5.74) is 0.856. The second kappa shape index (κ2) is 7.25. The quantitative estimate of drug-likeness (QED) is 0.762. The highest BCUT2D eigenvalue weighted by Gasteiger charge is 2.27. The van der Waals surface area contributed by atoms with Crippen LogP contribution in [0.1, 0.15) is 12.8 Å². The molecular weight excluding hydrogens is 350 g/mol. The van der Waals surface area contributed by atoms with E-state index in [0.29, 0.717) is 17.6 Å². The predicted molar refractivity (Wildman–Crippen MR) is 102 cm³/mol. The van der Waals surface area contributed by atoms with Crippen LogP contribution in [0.4, 0.5) is 11.1 Å². The van der Waals surface area contributed by atoms with Gasteiger partial charge in [-0.15, -0.1) is 0 Å². The molecule has 1 amide bonds. The lowest BCUT2D eigenvalue weighted by atomic mass is 9.97. The van der Waals surface area contributed by atoms with Crippen molar-refractivity contribution in [1.82, 2.24) is 15.0 Å². The average Bonchev–Trinajstić information content (AvgIpc) is 3.10. The third-order valence-electron chi connectivity index (χ3n) is 4.45. The van der Waals surface area contributed by atoms with Gasteiger partial charge in [-0.2, -0.15) is 0 Å². The summed E-state index contributed by atoms with van der Waals surface area (Å²) in [4.78, 5) is 27.8. The molecule has 26 heavy (non-hydrogen) atoms. The zero-order valence-electron chi connectivity index (χ0n) is 14.4. The largest absolute Gasteiger partial charge is 0.497 e. The molecule has 1 aromatic carbocycles. The Morgan fingerprint density at radius 1 is 1.35 bits per heavy atom. The maximum atomic E-state index is 12.7. The number of nitrogens with one attached hydrogen (secondary N) is 1. The van der Waals surface area contributed by atoms with Gasteiger partial charge in [0.15, 0.2) is 5.13 Å². The molecule has 0 bridgehead atoms. The number of fused-ring (bicyclic) bond motifs is 1. The van der Waals surface area contributed by atoms with E-state index in [4.69, 9.17) is 4.74 Å². The standard InChI is InChI=1S/C18H19N5O2S/c1-25-13-5-6-14-15(10-13)26-18(21-14)22-16(24)12-4-2-9-23(11-12)17-19-7-3-8-20-17/h3,5-8,10,12H,2,4,9,11H2,1H3,(H,21,22,24). The molecule has 134 valence electrons. The fourth-order valence-electron chi connectivity index (χ4n) is 3.12. The van der Waals surface area contributed by atoms with Crippen molar-refractivity contribution in [1.29, 1.82) is 0 Å². The molecule has 0 radical (unpaired) electrons. The van der Waals surface area contributed by atoms with Gasteiger partial charge in [0.05, 0.1) is 23.2 Å². The number of rotatable bonds is 4. The maximum Gasteiger partial charge on any atom is 0.231 e. The van der Waals surface area contributed by atoms with E-state index >= 15 is 0 Å². The fourth-order valence-corrected chi connectivity index (χ4v) is 4.02. The first-order valence-electron chi connectivity index (χ1n) is 8.50. The van der Waals surface area contributed by atoms with E-state index in [-0.39, 0.29) is 11.8 Å². The Kier molecular flexibility index (Phi) is 4.66. The molecule has 0 saturated carbocycles. The molecule has 3 aromatic rings. The van der Waals surface area contributed by atoms with Gasteiger partial charge >= 0.3 is 0 Å². The zero-order chi connectivity index (χ0) is 17.9. The Labute approximate surface area is 155 Å². The summed E-state index contributed by atoms with van der Waals surface area (Å²) < 4.78 is 6.22. The minimum absolute atomic E-state index is 0.00310. The Hall–Kier alpha value is -2.74. The third-order valence-corrected chi connectivity index (χ3v) is 5.39. The molecule has 2 aromatic heterocycles. The van der Waals surface area contributed by atoms with Crippen LogP contribution in [-0.2, 0) is 4.79 Å². The molecule has 1 N–H and O–H groups in total. The van der Waals surface area contributed by atoms with Crippen molar-refractivity contribution in [3.05, 3.63) is 36.7 Å². The van der Waals surface area contributed by atoms with Crippen molar-refractivity contribution in [3.63, 3.8) is 0 Å². The summed E-state index contributed by atoms with van der Waals surface area (Å²) in [6, 6.07) is 7.49. The van der Waals surface area contributed by atoms with E-state index in [1.165, 1.54) is 11.3 Å². The summed E-state index contributed by atoms with van der Waals surface area (Å²) in [5.74, 6) is 1.35. The Balaban J connectivity index is 1.46. The van der Waals surface area contributed by atoms with E-state index < -0.39 is 0 Å². The Morgan fingerprint density at radius 3 is 3.00 bits per heavy atom. The smallest absolute Gasteiger partial charge is 0.231 e. The fraction of sp³-hybridized carbons (Fsp3) is 0.333. The zero-order valence-corrected chi connectivity index (χ0v) is 15.2. The van der Waals surface area contributed by atoms with Crippen LogP contribution in [0.5, 0.6) is 5.75 Å². The molecular formula is C18H19N5O2S. The van der Waals surface area contributed by atoms with E-state index in [1.54, 1.807) is 25.6 Å². The van der Waals surface area contributed by atoms with Gasteiger partial charge in [0.2, 0.25) is 11.9 Å². The van der Waals surface area contributed by atoms with E-state index in [2.05, 4.69) is 25.2 Å². The van der Waals surface area contributed by atoms with Crippen LogP contribution < -0.4 is 15.0 Å². The number of carbonyl (C=O) groups excluding carboxylic acids is 1. The first-order valence-corrected chi connectivity index (χ1v) is 9.32. The monoisotopic (exact) mass is 369 g/mol. The topological polar surface area (TPSA) is 80.2 Å². The lowest BCUT2D eigenvalue weighted by Gasteiger charge is -2.31. The van der Waals surface area contributed by atoms with Crippen molar-refractivity contribution in [2.75, 3.05) is 30.4 Å². The minimum Gasteiger partial charge on any atom is -0.497 e. The highest BCUT2D eigenvalue weighted by atomic mass is 32.1. The van der Waals surface area contributed by atoms with Crippen LogP contribution >= 0.6 is 11.3 Å². The van der Waals surface area contributed by atoms with Gasteiger partial charge < -0.3 is 15.0 Å². The lowest BCUT2D eigenvalue weighted by molar-refractivity contribution is -0.120. The average molecular weight is 369 g/mol. The van der Waals surface area contributed by atoms with Crippen LogP contribution in [0.15, 0.2) is 36.7 Å². The molecule has 1 atom stereocenters. The SMILES string of the molecule is COc1ccc2nc(NC(=O)C3CCCN(c4ncccn4)C3)sc2c1. The summed E-state index contributed by atoms with van der Waals surface area (Å²) in [6.07, 6.45) is 5.24. The van der Waals surface area contributed by atoms with E-state index in [1.807, 2.05) is 18.2 Å². The number of nitrogens with zero attached hydrogens (tertiary/aromatic N) is 4. The van der Waals surface area contributed by atoms with Crippen LogP contribution in [0.2, 0.25) is 0 Å². The first kappa shape index (κ1) is 16.7. The molecule has 1 saturated heterocycles. The number of carbonyl (C=O) groups is 1. The van der Waals surface area contributed by atoms with Gasteiger partial charge in [-0.25, -0.2) is 15.0 Å². The summed E-state index contributed by atoms with van der Waals surface area (Å²) in [6.45, 7) is 1.49. The van der Waals surface area contributed by atoms with Crippen molar-refractivity contribution in [2.45, 2.75) is 12.8 Å². The molecule has 0 aliphatic carbocycles. The summed E-state index contributed by atoms with van der Waals surface area (Å²) in [7, 11) is 1.64. The lowest BCUT2D eigenvalue weighted by Crippen LogP contribution is -2.41. The number of hydrogen-bond donors (Lipinski definition) is 1. The normalized spacial score (nSPS) is 17.3. The predicted octanol–water partition coefficient (Wildman–Crippen LogP) is 2.95. The molecule has 7 nitrogen and oxygen atoms in total. The number of ether oxygens (including phenoxy) is 1. The van der Waals surface area contributed by atoms with Crippen LogP contribution in [0.25, 0.3) is 10.2 Å². The highest BCUT2D eigenvalue weighted by molar-refractivity contribution is 7.22. The van der Waals surface area contributed by atoms with Gasteiger partial charge in [-0.1, -0.05) is 11.3 Å². The minimum atomic E-state index is -0.103. The number of anilines is 2. The van der Waals surface area contributed by atoms with Crippen molar-refractivity contribution in [3.8, 4) is 5.75 Å². The summed E-state index contributed by atoms with van der Waals surface area (Å²) >= 11 is 1.45. The van der Waals surface area contributed by atoms with E-state index in [9.17, 15) is 4.79 Å². The Morgan fingerprint density at radius 2 is 2.19 bits per heavy atom. The Bertz CT molecular complexity index is 914. The summed E-state index contributed by atoms with van der Waals surface area (Å²) in [5, 5.41) is 3.59. The maximum absolute atomic E-state index is 12.7. The number of hydrogen-bond acceptors (Lipinski definition) is 7. The number of benzene rings is 1. The van der Waals surface area contributed by atoms with Crippen LogP contribution in [0, 0.1) is 5.92 Å². The van der Waals surface area contributed by atoms with Crippen molar-refractivity contribution in [2.24, 2.45) is 5.92 Å². The van der Waals surface area contributed by atoms with Crippen molar-refractivity contribution >= 4 is 38.5 Å². The highest BCUT2D eigenvalue weighted by Crippen LogP contribution is 2.30. The number of methoxy groups -OCH3 is 1. The molecule has 1 unspecified atom stereocenters. The second-order valence-electron chi connectivity index (χ2n) is 6.18. The van der Waals surface area contributed by atoms with Gasteiger partial charge in [0.25, 0.3) is 0 Å². The van der Waals surface area contributed by atoms with Crippen LogP contribution in [-0.4, -0.2) is 41.1 Å².